The van der Waals surface area contributed by atoms with Crippen molar-refractivity contribution in [2.45, 2.75) is 5.41 Å². The highest BCUT2D eigenvalue weighted by atomic mass is 15.1. The standard InChI is InChI=1S/C44H28N2/c1-2-13-31(14-3-1)46-41-24-11-10-23-40(41)45-43(46)30-27-25-29(26-28-30)32-18-12-22-39-42(32)35-17-6-9-21-38(35)44(39)36-19-7-4-15-33(36)34-16-5-8-20-37(34)44/h1-28H. The summed E-state index contributed by atoms with van der Waals surface area (Å²) in [5.74, 6) is 0.945. The van der Waals surface area contributed by atoms with Gasteiger partial charge in [0, 0.05) is 11.3 Å². The van der Waals surface area contributed by atoms with Crippen LogP contribution in [0.1, 0.15) is 22.3 Å². The molecule has 0 saturated carbocycles. The molecule has 0 fully saturated rings. The Morgan fingerprint density at radius 2 is 0.913 bits per heavy atom. The van der Waals surface area contributed by atoms with Crippen molar-refractivity contribution in [1.82, 2.24) is 9.55 Å². The van der Waals surface area contributed by atoms with Crippen molar-refractivity contribution in [3.63, 3.8) is 0 Å². The molecule has 0 radical (unpaired) electrons. The Balaban J connectivity index is 1.17. The van der Waals surface area contributed by atoms with E-state index in [-0.39, 0.29) is 5.41 Å². The van der Waals surface area contributed by atoms with Crippen molar-refractivity contribution in [2.75, 3.05) is 0 Å². The fourth-order valence-electron chi connectivity index (χ4n) is 8.24. The first-order valence-corrected chi connectivity index (χ1v) is 15.9. The van der Waals surface area contributed by atoms with Crippen LogP contribution in [0.4, 0.5) is 0 Å². The Hall–Kier alpha value is -5.99. The van der Waals surface area contributed by atoms with E-state index < -0.39 is 0 Å². The summed E-state index contributed by atoms with van der Waals surface area (Å²) in [5, 5.41) is 0. The van der Waals surface area contributed by atoms with E-state index in [0.29, 0.717) is 0 Å². The Kier molecular flexibility index (Phi) is 5.24. The van der Waals surface area contributed by atoms with E-state index in [4.69, 9.17) is 4.98 Å². The predicted molar refractivity (Wildman–Crippen MR) is 188 cm³/mol. The molecule has 0 atom stereocenters. The smallest absolute Gasteiger partial charge is 0.145 e. The van der Waals surface area contributed by atoms with E-state index in [1.807, 2.05) is 0 Å². The van der Waals surface area contributed by atoms with Gasteiger partial charge in [-0.15, -0.1) is 0 Å². The second kappa shape index (κ2) is 9.50. The van der Waals surface area contributed by atoms with Gasteiger partial charge in [0.25, 0.3) is 0 Å². The van der Waals surface area contributed by atoms with Crippen molar-refractivity contribution in [2.24, 2.45) is 0 Å². The Labute approximate surface area is 267 Å². The summed E-state index contributed by atoms with van der Waals surface area (Å²) in [6.07, 6.45) is 0. The number of imidazole rings is 1. The number of hydrogen-bond donors (Lipinski definition) is 0. The maximum Gasteiger partial charge on any atom is 0.145 e. The van der Waals surface area contributed by atoms with Gasteiger partial charge in [-0.2, -0.15) is 0 Å². The summed E-state index contributed by atoms with van der Waals surface area (Å²) in [4.78, 5) is 5.10. The van der Waals surface area contributed by atoms with Gasteiger partial charge in [-0.25, -0.2) is 4.98 Å². The minimum Gasteiger partial charge on any atom is -0.292 e. The van der Waals surface area contributed by atoms with Crippen LogP contribution in [0.15, 0.2) is 170 Å². The van der Waals surface area contributed by atoms with Gasteiger partial charge in [0.05, 0.1) is 16.4 Å². The summed E-state index contributed by atoms with van der Waals surface area (Å²) in [5.41, 5.74) is 17.2. The number of rotatable bonds is 3. The first kappa shape index (κ1) is 25.3. The maximum atomic E-state index is 5.10. The van der Waals surface area contributed by atoms with Crippen LogP contribution in [0.3, 0.4) is 0 Å². The lowest BCUT2D eigenvalue weighted by molar-refractivity contribution is 0.794. The van der Waals surface area contributed by atoms with Crippen molar-refractivity contribution in [3.05, 3.63) is 192 Å². The van der Waals surface area contributed by atoms with Gasteiger partial charge >= 0.3 is 0 Å². The van der Waals surface area contributed by atoms with Crippen molar-refractivity contribution < 1.29 is 0 Å². The summed E-state index contributed by atoms with van der Waals surface area (Å²) >= 11 is 0. The van der Waals surface area contributed by atoms with Crippen LogP contribution >= 0.6 is 0 Å². The molecule has 0 unspecified atom stereocenters. The number of benzene rings is 7. The van der Waals surface area contributed by atoms with Gasteiger partial charge in [-0.05, 0) is 79.9 Å². The van der Waals surface area contributed by atoms with E-state index in [1.165, 1.54) is 55.6 Å². The summed E-state index contributed by atoms with van der Waals surface area (Å²) in [7, 11) is 0. The Bertz CT molecular complexity index is 2420. The van der Waals surface area contributed by atoms with Gasteiger partial charge < -0.3 is 0 Å². The fourth-order valence-corrected chi connectivity index (χ4v) is 8.24. The summed E-state index contributed by atoms with van der Waals surface area (Å²) in [6.45, 7) is 0. The molecule has 0 amide bonds. The van der Waals surface area contributed by atoms with Crippen LogP contribution < -0.4 is 0 Å². The van der Waals surface area contributed by atoms with Crippen LogP contribution in [0.25, 0.3) is 61.5 Å². The number of para-hydroxylation sites is 3. The van der Waals surface area contributed by atoms with E-state index in [9.17, 15) is 0 Å². The third-order valence-electron chi connectivity index (χ3n) is 10.1. The largest absolute Gasteiger partial charge is 0.292 e. The average molecular weight is 585 g/mol. The number of aromatic nitrogens is 2. The molecule has 214 valence electrons. The number of fused-ring (bicyclic) bond motifs is 11. The van der Waals surface area contributed by atoms with Crippen LogP contribution in [0.5, 0.6) is 0 Å². The first-order chi connectivity index (χ1) is 22.8. The van der Waals surface area contributed by atoms with Crippen LogP contribution in [-0.2, 0) is 5.41 Å². The van der Waals surface area contributed by atoms with Crippen molar-refractivity contribution >= 4 is 11.0 Å². The molecular weight excluding hydrogens is 556 g/mol. The molecule has 1 heterocycles. The van der Waals surface area contributed by atoms with Gasteiger partial charge in [0.1, 0.15) is 5.82 Å². The molecule has 7 aromatic carbocycles. The highest BCUT2D eigenvalue weighted by Gasteiger charge is 2.51. The minimum atomic E-state index is -0.338. The van der Waals surface area contributed by atoms with E-state index in [2.05, 4.69) is 174 Å². The van der Waals surface area contributed by atoms with Crippen LogP contribution in [0.2, 0.25) is 0 Å². The topological polar surface area (TPSA) is 17.8 Å². The molecule has 46 heavy (non-hydrogen) atoms. The fraction of sp³-hybridized carbons (Fsp3) is 0.0227. The summed E-state index contributed by atoms with van der Waals surface area (Å²) in [6, 6.07) is 61.8. The van der Waals surface area contributed by atoms with Crippen LogP contribution in [0, 0.1) is 0 Å². The third-order valence-corrected chi connectivity index (χ3v) is 10.1. The number of nitrogens with zero attached hydrogens (tertiary/aromatic N) is 2. The molecule has 10 rings (SSSR count). The van der Waals surface area contributed by atoms with Gasteiger partial charge in [-0.1, -0.05) is 146 Å². The zero-order chi connectivity index (χ0) is 30.2. The highest BCUT2D eigenvalue weighted by Crippen LogP contribution is 2.63. The van der Waals surface area contributed by atoms with E-state index in [0.717, 1.165) is 28.1 Å². The zero-order valence-corrected chi connectivity index (χ0v) is 25.1. The van der Waals surface area contributed by atoms with Crippen LogP contribution in [-0.4, -0.2) is 9.55 Å². The minimum absolute atomic E-state index is 0.338. The van der Waals surface area contributed by atoms with Gasteiger partial charge in [-0.3, -0.25) is 4.57 Å². The quantitative estimate of drug-likeness (QED) is 0.202. The molecule has 0 aliphatic heterocycles. The molecule has 0 bridgehead atoms. The zero-order valence-electron chi connectivity index (χ0n) is 25.1. The van der Waals surface area contributed by atoms with Gasteiger partial charge in [0.15, 0.2) is 0 Å². The first-order valence-electron chi connectivity index (χ1n) is 15.9. The van der Waals surface area contributed by atoms with Crippen molar-refractivity contribution in [3.8, 4) is 50.5 Å². The Morgan fingerprint density at radius 3 is 1.63 bits per heavy atom. The molecular formula is C44H28N2. The van der Waals surface area contributed by atoms with Gasteiger partial charge in [0.2, 0.25) is 0 Å². The predicted octanol–water partition coefficient (Wildman–Crippen LogP) is 10.7. The lowest BCUT2D eigenvalue weighted by Crippen LogP contribution is -2.25. The molecule has 2 nitrogen and oxygen atoms in total. The molecule has 2 heteroatoms. The average Bonchev–Trinajstić information content (AvgIpc) is 3.77. The molecule has 0 saturated heterocycles. The SMILES string of the molecule is c1ccc(-n2c(-c3ccc(-c4cccc5c4-c4ccccc4C54c5ccccc5-c5ccccc54)cc3)nc3ccccc32)cc1. The maximum absolute atomic E-state index is 5.10. The lowest BCUT2D eigenvalue weighted by atomic mass is 9.70. The van der Waals surface area contributed by atoms with Crippen molar-refractivity contribution in [1.29, 1.82) is 0 Å². The molecule has 1 aromatic heterocycles. The number of hydrogen-bond acceptors (Lipinski definition) is 1. The lowest BCUT2D eigenvalue weighted by Gasteiger charge is -2.30. The van der Waals surface area contributed by atoms with E-state index in [1.54, 1.807) is 0 Å². The molecule has 2 aliphatic carbocycles. The third kappa shape index (κ3) is 3.28. The highest BCUT2D eigenvalue weighted by molar-refractivity contribution is 6.00. The Morgan fingerprint density at radius 1 is 0.391 bits per heavy atom. The monoisotopic (exact) mass is 584 g/mol. The second-order valence-corrected chi connectivity index (χ2v) is 12.3. The normalized spacial score (nSPS) is 13.4. The molecule has 1 spiro atoms. The molecule has 2 aliphatic rings. The molecule has 8 aromatic rings. The summed E-state index contributed by atoms with van der Waals surface area (Å²) < 4.78 is 2.26. The second-order valence-electron chi connectivity index (χ2n) is 12.3. The molecule has 0 N–H and O–H groups in total. The van der Waals surface area contributed by atoms with E-state index >= 15 is 0 Å².